The molecule has 0 bridgehead atoms. The maximum Gasteiger partial charge on any atom is 0.251 e. The fraction of sp³-hybridized carbons (Fsp3) is 0.238. The van der Waals surface area contributed by atoms with Gasteiger partial charge >= 0.3 is 0 Å². The van der Waals surface area contributed by atoms with Gasteiger partial charge in [-0.3, -0.25) is 9.59 Å². The van der Waals surface area contributed by atoms with Gasteiger partial charge in [0.15, 0.2) is 11.0 Å². The third-order valence-corrected chi connectivity index (χ3v) is 5.58. The lowest BCUT2D eigenvalue weighted by Crippen LogP contribution is -2.28. The van der Waals surface area contributed by atoms with E-state index in [1.165, 1.54) is 11.8 Å². The second-order valence-electron chi connectivity index (χ2n) is 6.81. The number of anilines is 1. The van der Waals surface area contributed by atoms with Crippen LogP contribution in [0.4, 0.5) is 5.69 Å². The van der Waals surface area contributed by atoms with Crippen LogP contribution in [0.1, 0.15) is 34.7 Å². The zero-order valence-electron chi connectivity index (χ0n) is 16.8. The molecule has 1 aromatic heterocycles. The zero-order chi connectivity index (χ0) is 21.7. The van der Waals surface area contributed by atoms with E-state index in [0.29, 0.717) is 27.3 Å². The largest absolute Gasteiger partial charge is 0.342 e. The maximum absolute atomic E-state index is 12.5. The molecule has 0 saturated carbocycles. The summed E-state index contributed by atoms with van der Waals surface area (Å²) in [6, 6.07) is 14.0. The van der Waals surface area contributed by atoms with Gasteiger partial charge in [-0.05, 0) is 44.2 Å². The van der Waals surface area contributed by atoms with Gasteiger partial charge in [-0.2, -0.15) is 0 Å². The van der Waals surface area contributed by atoms with Crippen molar-refractivity contribution >= 4 is 40.9 Å². The van der Waals surface area contributed by atoms with Gasteiger partial charge < -0.3 is 15.2 Å². The molecule has 3 rings (SSSR count). The summed E-state index contributed by atoms with van der Waals surface area (Å²) < 4.78 is 1.78. The molecule has 156 valence electrons. The number of rotatable bonds is 7. The van der Waals surface area contributed by atoms with E-state index >= 15 is 0 Å². The molecule has 30 heavy (non-hydrogen) atoms. The first-order valence-corrected chi connectivity index (χ1v) is 10.6. The van der Waals surface area contributed by atoms with Crippen LogP contribution < -0.4 is 10.6 Å². The fourth-order valence-corrected chi connectivity index (χ4v) is 3.76. The number of amides is 2. The average molecular weight is 444 g/mol. The van der Waals surface area contributed by atoms with Crippen LogP contribution in [0, 0.1) is 6.92 Å². The normalized spacial score (nSPS) is 11.7. The molecule has 0 radical (unpaired) electrons. The van der Waals surface area contributed by atoms with Crippen LogP contribution in [0.2, 0.25) is 5.02 Å². The van der Waals surface area contributed by atoms with E-state index in [1.807, 2.05) is 39.1 Å². The number of nitrogens with zero attached hydrogens (tertiary/aromatic N) is 3. The highest BCUT2D eigenvalue weighted by Gasteiger charge is 2.19. The molecule has 1 atom stereocenters. The predicted octanol–water partition coefficient (Wildman–Crippen LogP) is 4.00. The van der Waals surface area contributed by atoms with Crippen molar-refractivity contribution < 1.29 is 9.59 Å². The Morgan fingerprint density at radius 3 is 2.67 bits per heavy atom. The van der Waals surface area contributed by atoms with Crippen LogP contribution in [0.5, 0.6) is 0 Å². The van der Waals surface area contributed by atoms with E-state index in [4.69, 9.17) is 11.6 Å². The lowest BCUT2D eigenvalue weighted by molar-refractivity contribution is -0.113. The molecular formula is C21H22ClN5O2S. The Morgan fingerprint density at radius 2 is 1.93 bits per heavy atom. The van der Waals surface area contributed by atoms with Crippen molar-refractivity contribution in [1.29, 1.82) is 0 Å². The van der Waals surface area contributed by atoms with Crippen molar-refractivity contribution in [3.05, 3.63) is 70.5 Å². The van der Waals surface area contributed by atoms with Crippen LogP contribution in [0.25, 0.3) is 0 Å². The first-order valence-electron chi connectivity index (χ1n) is 9.28. The third-order valence-electron chi connectivity index (χ3n) is 4.32. The molecule has 0 spiro atoms. The monoisotopic (exact) mass is 443 g/mol. The third kappa shape index (κ3) is 5.61. The second kappa shape index (κ2) is 9.77. The summed E-state index contributed by atoms with van der Waals surface area (Å²) in [4.78, 5) is 24.7. The van der Waals surface area contributed by atoms with E-state index in [1.54, 1.807) is 34.9 Å². The topological polar surface area (TPSA) is 88.9 Å². The molecule has 9 heteroatoms. The van der Waals surface area contributed by atoms with E-state index in [-0.39, 0.29) is 23.6 Å². The molecule has 0 aliphatic rings. The summed E-state index contributed by atoms with van der Waals surface area (Å²) in [5, 5.41) is 15.2. The standard InChI is InChI=1S/C21H22ClN5O2S/c1-13-6-4-7-15(10-13)20(29)23-14(2)19-25-26-21(27(19)3)30-12-18(28)24-17-9-5-8-16(22)11-17/h4-11,14H,12H2,1-3H3,(H,23,29)(H,24,28)/t14-/m0/s1. The molecule has 2 amide bonds. The summed E-state index contributed by atoms with van der Waals surface area (Å²) in [6.07, 6.45) is 0. The molecule has 0 aliphatic heterocycles. The number of carbonyl (C=O) groups excluding carboxylic acids is 2. The van der Waals surface area contributed by atoms with E-state index < -0.39 is 0 Å². The summed E-state index contributed by atoms with van der Waals surface area (Å²) >= 11 is 7.19. The Kier molecular flexibility index (Phi) is 7.12. The molecule has 0 fully saturated rings. The number of hydrogen-bond donors (Lipinski definition) is 2. The van der Waals surface area contributed by atoms with Crippen molar-refractivity contribution in [1.82, 2.24) is 20.1 Å². The SMILES string of the molecule is Cc1cccc(C(=O)N[C@@H](C)c2nnc(SCC(=O)Nc3cccc(Cl)c3)n2C)c1. The molecule has 0 saturated heterocycles. The lowest BCUT2D eigenvalue weighted by Gasteiger charge is -2.14. The van der Waals surface area contributed by atoms with Crippen molar-refractivity contribution in [3.63, 3.8) is 0 Å². The Bertz CT molecular complexity index is 1070. The fourth-order valence-electron chi connectivity index (χ4n) is 2.85. The Hall–Kier alpha value is -2.84. The molecular weight excluding hydrogens is 422 g/mol. The summed E-state index contributed by atoms with van der Waals surface area (Å²) in [6.45, 7) is 3.78. The first-order chi connectivity index (χ1) is 14.3. The molecule has 0 unspecified atom stereocenters. The summed E-state index contributed by atoms with van der Waals surface area (Å²) in [5.74, 6) is 0.424. The van der Waals surface area contributed by atoms with Gasteiger partial charge in [-0.1, -0.05) is 47.1 Å². The average Bonchev–Trinajstić information content (AvgIpc) is 3.07. The Balaban J connectivity index is 1.58. The van der Waals surface area contributed by atoms with Crippen LogP contribution in [-0.4, -0.2) is 32.3 Å². The maximum atomic E-state index is 12.5. The zero-order valence-corrected chi connectivity index (χ0v) is 18.4. The van der Waals surface area contributed by atoms with Gasteiger partial charge in [0.2, 0.25) is 5.91 Å². The first kappa shape index (κ1) is 21.9. The second-order valence-corrected chi connectivity index (χ2v) is 8.19. The minimum atomic E-state index is -0.342. The number of carbonyl (C=O) groups is 2. The van der Waals surface area contributed by atoms with Crippen LogP contribution >= 0.6 is 23.4 Å². The highest BCUT2D eigenvalue weighted by molar-refractivity contribution is 7.99. The van der Waals surface area contributed by atoms with Crippen molar-refractivity contribution in [2.24, 2.45) is 7.05 Å². The Morgan fingerprint density at radius 1 is 1.17 bits per heavy atom. The van der Waals surface area contributed by atoms with Crippen LogP contribution in [0.3, 0.4) is 0 Å². The molecule has 2 N–H and O–H groups in total. The molecule has 3 aromatic rings. The quantitative estimate of drug-likeness (QED) is 0.539. The van der Waals surface area contributed by atoms with E-state index in [0.717, 1.165) is 5.56 Å². The number of hydrogen-bond acceptors (Lipinski definition) is 5. The molecule has 7 nitrogen and oxygen atoms in total. The van der Waals surface area contributed by atoms with E-state index in [2.05, 4.69) is 20.8 Å². The van der Waals surface area contributed by atoms with Gasteiger partial charge in [0.05, 0.1) is 11.8 Å². The number of nitrogens with one attached hydrogen (secondary N) is 2. The smallest absolute Gasteiger partial charge is 0.251 e. The molecule has 0 aliphatic carbocycles. The van der Waals surface area contributed by atoms with E-state index in [9.17, 15) is 9.59 Å². The number of aryl methyl sites for hydroxylation is 1. The summed E-state index contributed by atoms with van der Waals surface area (Å²) in [7, 11) is 1.81. The lowest BCUT2D eigenvalue weighted by atomic mass is 10.1. The molecule has 2 aromatic carbocycles. The number of benzene rings is 2. The van der Waals surface area contributed by atoms with Crippen LogP contribution in [0.15, 0.2) is 53.7 Å². The minimum Gasteiger partial charge on any atom is -0.342 e. The number of aromatic nitrogens is 3. The van der Waals surface area contributed by atoms with Gasteiger partial charge in [-0.15, -0.1) is 10.2 Å². The van der Waals surface area contributed by atoms with Gasteiger partial charge in [-0.25, -0.2) is 0 Å². The van der Waals surface area contributed by atoms with Gasteiger partial charge in [0.1, 0.15) is 0 Å². The van der Waals surface area contributed by atoms with Crippen molar-refractivity contribution in [2.45, 2.75) is 25.0 Å². The molecule has 1 heterocycles. The van der Waals surface area contributed by atoms with Crippen molar-refractivity contribution in [2.75, 3.05) is 11.1 Å². The van der Waals surface area contributed by atoms with Crippen LogP contribution in [-0.2, 0) is 11.8 Å². The Labute approximate surface area is 184 Å². The number of halogens is 1. The van der Waals surface area contributed by atoms with Gasteiger partial charge in [0.25, 0.3) is 5.91 Å². The van der Waals surface area contributed by atoms with Gasteiger partial charge in [0, 0.05) is 23.3 Å². The number of thioether (sulfide) groups is 1. The summed E-state index contributed by atoms with van der Waals surface area (Å²) in [5.41, 5.74) is 2.25. The minimum absolute atomic E-state index is 0.169. The predicted molar refractivity (Wildman–Crippen MR) is 119 cm³/mol. The van der Waals surface area contributed by atoms with Crippen molar-refractivity contribution in [3.8, 4) is 0 Å². The highest BCUT2D eigenvalue weighted by Crippen LogP contribution is 2.20. The highest BCUT2D eigenvalue weighted by atomic mass is 35.5.